The number of aryl methyl sites for hydroxylation is 1. The molecule has 0 aliphatic carbocycles. The van der Waals surface area contributed by atoms with Crippen molar-refractivity contribution in [3.8, 4) is 0 Å². The third kappa shape index (κ3) is 4.10. The first kappa shape index (κ1) is 18.5. The van der Waals surface area contributed by atoms with Crippen LogP contribution in [0.2, 0.25) is 0 Å². The molecule has 1 aliphatic heterocycles. The van der Waals surface area contributed by atoms with E-state index >= 15 is 0 Å². The smallest absolute Gasteiger partial charge is 0.239 e. The van der Waals surface area contributed by atoms with Crippen molar-refractivity contribution in [3.05, 3.63) is 59.7 Å². The van der Waals surface area contributed by atoms with Crippen LogP contribution in [-0.2, 0) is 22.6 Å². The summed E-state index contributed by atoms with van der Waals surface area (Å²) in [6, 6.07) is 16.1. The van der Waals surface area contributed by atoms with Crippen molar-refractivity contribution >= 4 is 29.3 Å². The lowest BCUT2D eigenvalue weighted by Gasteiger charge is -2.17. The van der Waals surface area contributed by atoms with Crippen molar-refractivity contribution in [2.24, 2.45) is 5.92 Å². The molecule has 1 aliphatic rings. The second kappa shape index (κ2) is 8.41. The van der Waals surface area contributed by atoms with Gasteiger partial charge in [0.1, 0.15) is 5.92 Å². The predicted octanol–water partition coefficient (Wildman–Crippen LogP) is 3.64. The van der Waals surface area contributed by atoms with Crippen molar-refractivity contribution in [2.75, 3.05) is 17.7 Å². The molecule has 0 radical (unpaired) electrons. The van der Waals surface area contributed by atoms with Gasteiger partial charge in [-0.1, -0.05) is 31.2 Å². The van der Waals surface area contributed by atoms with E-state index in [-0.39, 0.29) is 11.8 Å². The Morgan fingerprint density at radius 1 is 1.12 bits per heavy atom. The molecule has 1 fully saturated rings. The first-order valence-electron chi connectivity index (χ1n) is 8.93. The Hall–Kier alpha value is -2.27. The molecule has 0 spiro atoms. The van der Waals surface area contributed by atoms with Crippen LogP contribution in [0, 0.1) is 5.92 Å². The number of carbonyl (C=O) groups excluding carboxylic acids is 2. The second-order valence-electron chi connectivity index (χ2n) is 6.42. The first-order valence-corrected chi connectivity index (χ1v) is 10.2. The van der Waals surface area contributed by atoms with E-state index in [9.17, 15) is 9.59 Å². The molecular formula is C21H24N2O2S. The number of rotatable bonds is 6. The van der Waals surface area contributed by atoms with Gasteiger partial charge < -0.3 is 10.2 Å². The summed E-state index contributed by atoms with van der Waals surface area (Å²) in [6.07, 6.45) is 3.56. The van der Waals surface area contributed by atoms with Crippen LogP contribution in [0.1, 0.15) is 24.5 Å². The number of amides is 2. The lowest BCUT2D eigenvalue weighted by Crippen LogP contribution is -2.36. The highest BCUT2D eigenvalue weighted by atomic mass is 32.2. The quantitative estimate of drug-likeness (QED) is 0.626. The summed E-state index contributed by atoms with van der Waals surface area (Å²) >= 11 is 1.69. The molecule has 1 saturated heterocycles. The zero-order valence-corrected chi connectivity index (χ0v) is 16.0. The Bertz CT molecular complexity index is 772. The van der Waals surface area contributed by atoms with Gasteiger partial charge in [-0.15, -0.1) is 11.8 Å². The Morgan fingerprint density at radius 3 is 2.38 bits per heavy atom. The molecule has 26 heavy (non-hydrogen) atoms. The monoisotopic (exact) mass is 368 g/mol. The third-order valence-electron chi connectivity index (χ3n) is 4.80. The molecular weight excluding hydrogens is 344 g/mol. The van der Waals surface area contributed by atoms with Crippen molar-refractivity contribution < 1.29 is 9.59 Å². The number of thioether (sulfide) groups is 1. The maximum atomic E-state index is 12.7. The van der Waals surface area contributed by atoms with Gasteiger partial charge in [0.2, 0.25) is 11.8 Å². The lowest BCUT2D eigenvalue weighted by molar-refractivity contribution is -0.132. The Labute approximate surface area is 159 Å². The molecule has 1 N–H and O–H groups in total. The maximum Gasteiger partial charge on any atom is 0.239 e. The van der Waals surface area contributed by atoms with Gasteiger partial charge in [0, 0.05) is 23.7 Å². The van der Waals surface area contributed by atoms with Gasteiger partial charge in [-0.05, 0) is 54.5 Å². The average molecular weight is 369 g/mol. The molecule has 2 aromatic rings. The van der Waals surface area contributed by atoms with Crippen LogP contribution in [0.5, 0.6) is 0 Å². The number of anilines is 1. The summed E-state index contributed by atoms with van der Waals surface area (Å²) in [4.78, 5) is 28.0. The fourth-order valence-corrected chi connectivity index (χ4v) is 3.56. The molecule has 4 nitrogen and oxygen atoms in total. The minimum Gasteiger partial charge on any atom is -0.351 e. The number of hydrogen-bond acceptors (Lipinski definition) is 3. The maximum absolute atomic E-state index is 12.7. The highest BCUT2D eigenvalue weighted by molar-refractivity contribution is 7.98. The Kier molecular flexibility index (Phi) is 5.99. The van der Waals surface area contributed by atoms with Crippen molar-refractivity contribution in [1.82, 2.24) is 5.32 Å². The van der Waals surface area contributed by atoms with Crippen LogP contribution in [0.15, 0.2) is 53.4 Å². The molecule has 5 heteroatoms. The fourth-order valence-electron chi connectivity index (χ4n) is 3.15. The van der Waals surface area contributed by atoms with Gasteiger partial charge in [0.05, 0.1) is 0 Å². The van der Waals surface area contributed by atoms with E-state index in [1.54, 1.807) is 16.7 Å². The molecule has 2 amide bonds. The van der Waals surface area contributed by atoms with E-state index in [0.29, 0.717) is 19.5 Å². The Balaban J connectivity index is 1.58. The van der Waals surface area contributed by atoms with Crippen LogP contribution in [0.4, 0.5) is 5.69 Å². The zero-order chi connectivity index (χ0) is 18.5. The van der Waals surface area contributed by atoms with Crippen LogP contribution >= 0.6 is 11.8 Å². The van der Waals surface area contributed by atoms with Crippen molar-refractivity contribution in [3.63, 3.8) is 0 Å². The number of carbonyl (C=O) groups is 2. The molecule has 0 unspecified atom stereocenters. The van der Waals surface area contributed by atoms with E-state index in [1.165, 1.54) is 10.5 Å². The molecule has 0 saturated carbocycles. The van der Waals surface area contributed by atoms with Crippen LogP contribution in [-0.4, -0.2) is 24.6 Å². The number of hydrogen-bond donors (Lipinski definition) is 1. The van der Waals surface area contributed by atoms with Gasteiger partial charge in [0.25, 0.3) is 0 Å². The van der Waals surface area contributed by atoms with E-state index in [2.05, 4.69) is 12.2 Å². The van der Waals surface area contributed by atoms with Crippen molar-refractivity contribution in [2.45, 2.75) is 31.2 Å². The Morgan fingerprint density at radius 2 is 1.77 bits per heavy atom. The molecule has 2 aromatic carbocycles. The van der Waals surface area contributed by atoms with Gasteiger partial charge in [0.15, 0.2) is 0 Å². The van der Waals surface area contributed by atoms with E-state index in [0.717, 1.165) is 17.7 Å². The summed E-state index contributed by atoms with van der Waals surface area (Å²) in [5.41, 5.74) is 3.14. The second-order valence-corrected chi connectivity index (χ2v) is 7.30. The lowest BCUT2D eigenvalue weighted by atomic mass is 10.1. The summed E-state index contributed by atoms with van der Waals surface area (Å²) in [5.74, 6) is -0.882. The largest absolute Gasteiger partial charge is 0.351 e. The number of nitrogens with zero attached hydrogens (tertiary/aromatic N) is 1. The molecule has 0 bridgehead atoms. The highest BCUT2D eigenvalue weighted by Crippen LogP contribution is 2.26. The van der Waals surface area contributed by atoms with Crippen molar-refractivity contribution in [1.29, 1.82) is 0 Å². The van der Waals surface area contributed by atoms with E-state index in [1.807, 2.05) is 54.8 Å². The minimum atomic E-state index is -0.591. The average Bonchev–Trinajstić information content (AvgIpc) is 3.08. The molecule has 136 valence electrons. The third-order valence-corrected chi connectivity index (χ3v) is 5.55. The zero-order valence-electron chi connectivity index (χ0n) is 15.2. The van der Waals surface area contributed by atoms with E-state index in [4.69, 9.17) is 0 Å². The summed E-state index contributed by atoms with van der Waals surface area (Å²) in [7, 11) is 0. The number of nitrogens with one attached hydrogen (secondary N) is 1. The predicted molar refractivity (Wildman–Crippen MR) is 106 cm³/mol. The van der Waals surface area contributed by atoms with Crippen LogP contribution < -0.4 is 10.2 Å². The summed E-state index contributed by atoms with van der Waals surface area (Å²) in [6.45, 7) is 3.14. The summed E-state index contributed by atoms with van der Waals surface area (Å²) < 4.78 is 0. The fraction of sp³-hybridized carbons (Fsp3) is 0.333. The first-order chi connectivity index (χ1) is 12.6. The summed E-state index contributed by atoms with van der Waals surface area (Å²) in [5, 5.41) is 2.91. The van der Waals surface area contributed by atoms with Gasteiger partial charge in [-0.3, -0.25) is 9.59 Å². The van der Waals surface area contributed by atoms with Crippen LogP contribution in [0.25, 0.3) is 0 Å². The van der Waals surface area contributed by atoms with Gasteiger partial charge >= 0.3 is 0 Å². The van der Waals surface area contributed by atoms with E-state index < -0.39 is 5.92 Å². The number of benzene rings is 2. The SMILES string of the molecule is CCc1ccc(N2CC[C@H](C(=O)NCc3ccc(SC)cc3)C2=O)cc1. The highest BCUT2D eigenvalue weighted by Gasteiger charge is 2.37. The standard InChI is InChI=1S/C21H24N2O2S/c1-3-15-4-8-17(9-5-15)23-13-12-19(21(23)25)20(24)22-14-16-6-10-18(26-2)11-7-16/h4-11,19H,3,12-14H2,1-2H3,(H,22,24)/t19-/m1/s1. The molecule has 3 rings (SSSR count). The van der Waals surface area contributed by atoms with Crippen LogP contribution in [0.3, 0.4) is 0 Å². The molecule has 1 atom stereocenters. The topological polar surface area (TPSA) is 49.4 Å². The van der Waals surface area contributed by atoms with Gasteiger partial charge in [-0.2, -0.15) is 0 Å². The normalized spacial score (nSPS) is 16.8. The van der Waals surface area contributed by atoms with Gasteiger partial charge in [-0.25, -0.2) is 0 Å². The molecule has 1 heterocycles. The molecule has 0 aromatic heterocycles. The minimum absolute atomic E-state index is 0.107.